The van der Waals surface area contributed by atoms with E-state index in [2.05, 4.69) is 5.32 Å². The van der Waals surface area contributed by atoms with Gasteiger partial charge in [-0.05, 0) is 44.2 Å². The maximum absolute atomic E-state index is 12.4. The number of carbonyl (C=O) groups is 1. The lowest BCUT2D eigenvalue weighted by Crippen LogP contribution is -2.41. The summed E-state index contributed by atoms with van der Waals surface area (Å²) >= 11 is 1.27. The van der Waals surface area contributed by atoms with Gasteiger partial charge in [-0.25, -0.2) is 8.42 Å². The Bertz CT molecular complexity index is 672. The fraction of sp³-hybridized carbons (Fsp3) is 0.588. The maximum atomic E-state index is 12.4. The van der Waals surface area contributed by atoms with E-state index in [9.17, 15) is 13.2 Å². The van der Waals surface area contributed by atoms with Crippen molar-refractivity contribution >= 4 is 27.5 Å². The number of rotatable bonds is 9. The van der Waals surface area contributed by atoms with Crippen LogP contribution in [0.2, 0.25) is 0 Å². The molecule has 1 aromatic carbocycles. The summed E-state index contributed by atoms with van der Waals surface area (Å²) in [5.74, 6) is 0.536. The Labute approximate surface area is 148 Å². The Hall–Kier alpha value is -1.05. The SMILES string of the molecule is CCCS(=O)(=O)c1ccccc1SC(C)C(=O)NCC(N)C1CC1. The Morgan fingerprint density at radius 1 is 1.38 bits per heavy atom. The lowest BCUT2D eigenvalue weighted by Gasteiger charge is -2.16. The highest BCUT2D eigenvalue weighted by Gasteiger charge is 2.29. The molecule has 0 saturated heterocycles. The molecular weight excluding hydrogens is 344 g/mol. The van der Waals surface area contributed by atoms with E-state index in [-0.39, 0.29) is 23.0 Å². The van der Waals surface area contributed by atoms with Gasteiger partial charge in [-0.1, -0.05) is 19.1 Å². The predicted octanol–water partition coefficient (Wildman–Crippen LogP) is 2.20. The summed E-state index contributed by atoms with van der Waals surface area (Å²) < 4.78 is 24.7. The molecule has 3 N–H and O–H groups in total. The lowest BCUT2D eigenvalue weighted by atomic mass is 10.2. The molecule has 0 radical (unpaired) electrons. The van der Waals surface area contributed by atoms with Crippen molar-refractivity contribution in [1.82, 2.24) is 5.32 Å². The van der Waals surface area contributed by atoms with Crippen LogP contribution in [0.3, 0.4) is 0 Å². The molecule has 1 aliphatic carbocycles. The van der Waals surface area contributed by atoms with E-state index in [0.29, 0.717) is 28.7 Å². The number of hydrogen-bond donors (Lipinski definition) is 2. The maximum Gasteiger partial charge on any atom is 0.233 e. The summed E-state index contributed by atoms with van der Waals surface area (Å²) in [7, 11) is -3.31. The van der Waals surface area contributed by atoms with Crippen molar-refractivity contribution in [3.05, 3.63) is 24.3 Å². The van der Waals surface area contributed by atoms with E-state index in [1.807, 2.05) is 6.92 Å². The Kier molecular flexibility index (Phi) is 6.71. The normalized spacial score (nSPS) is 17.3. The van der Waals surface area contributed by atoms with Gasteiger partial charge >= 0.3 is 0 Å². The van der Waals surface area contributed by atoms with Gasteiger partial charge in [-0.2, -0.15) is 0 Å². The molecule has 134 valence electrons. The second kappa shape index (κ2) is 8.36. The summed E-state index contributed by atoms with van der Waals surface area (Å²) in [5, 5.41) is 2.49. The zero-order valence-electron chi connectivity index (χ0n) is 14.2. The molecule has 2 atom stereocenters. The monoisotopic (exact) mass is 370 g/mol. The second-order valence-corrected chi connectivity index (χ2v) is 9.73. The highest BCUT2D eigenvalue weighted by atomic mass is 32.2. The van der Waals surface area contributed by atoms with Gasteiger partial charge in [0.25, 0.3) is 0 Å². The average molecular weight is 371 g/mol. The first kappa shape index (κ1) is 19.3. The topological polar surface area (TPSA) is 89.3 Å². The molecule has 0 bridgehead atoms. The highest BCUT2D eigenvalue weighted by molar-refractivity contribution is 8.01. The van der Waals surface area contributed by atoms with E-state index >= 15 is 0 Å². The van der Waals surface area contributed by atoms with Crippen LogP contribution >= 0.6 is 11.8 Å². The third kappa shape index (κ3) is 5.22. The Morgan fingerprint density at radius 2 is 2.04 bits per heavy atom. The minimum absolute atomic E-state index is 0.0170. The van der Waals surface area contributed by atoms with Gasteiger partial charge in [-0.15, -0.1) is 11.8 Å². The number of hydrogen-bond acceptors (Lipinski definition) is 5. The second-order valence-electron chi connectivity index (χ2n) is 6.27. The third-order valence-electron chi connectivity index (χ3n) is 4.07. The van der Waals surface area contributed by atoms with E-state index < -0.39 is 9.84 Å². The number of nitrogens with one attached hydrogen (secondary N) is 1. The van der Waals surface area contributed by atoms with Crippen molar-refractivity contribution in [3.63, 3.8) is 0 Å². The van der Waals surface area contributed by atoms with E-state index in [4.69, 9.17) is 5.73 Å². The zero-order valence-corrected chi connectivity index (χ0v) is 15.8. The van der Waals surface area contributed by atoms with E-state index in [1.165, 1.54) is 11.8 Å². The molecule has 0 heterocycles. The van der Waals surface area contributed by atoms with Crippen LogP contribution in [0.25, 0.3) is 0 Å². The van der Waals surface area contributed by atoms with Gasteiger partial charge in [0.05, 0.1) is 15.9 Å². The van der Waals surface area contributed by atoms with Gasteiger partial charge in [0, 0.05) is 17.5 Å². The molecule has 7 heteroatoms. The molecule has 0 spiro atoms. The molecular formula is C17H26N2O3S2. The molecule has 5 nitrogen and oxygen atoms in total. The molecule has 1 aliphatic rings. The summed E-state index contributed by atoms with van der Waals surface area (Å²) in [5.41, 5.74) is 5.99. The molecule has 1 amide bonds. The highest BCUT2D eigenvalue weighted by Crippen LogP contribution is 2.32. The van der Waals surface area contributed by atoms with Crippen LogP contribution in [0.5, 0.6) is 0 Å². The molecule has 2 rings (SSSR count). The molecule has 2 unspecified atom stereocenters. The predicted molar refractivity (Wildman–Crippen MR) is 97.8 cm³/mol. The number of benzene rings is 1. The minimum Gasteiger partial charge on any atom is -0.354 e. The largest absolute Gasteiger partial charge is 0.354 e. The molecule has 24 heavy (non-hydrogen) atoms. The molecule has 0 aliphatic heterocycles. The Balaban J connectivity index is 2.00. The van der Waals surface area contributed by atoms with Crippen LogP contribution in [-0.4, -0.2) is 37.9 Å². The number of carbonyl (C=O) groups excluding carboxylic acids is 1. The first-order chi connectivity index (χ1) is 11.3. The Morgan fingerprint density at radius 3 is 2.67 bits per heavy atom. The quantitative estimate of drug-likeness (QED) is 0.651. The van der Waals surface area contributed by atoms with Gasteiger partial charge < -0.3 is 11.1 Å². The van der Waals surface area contributed by atoms with Crippen molar-refractivity contribution in [1.29, 1.82) is 0 Å². The molecule has 0 aromatic heterocycles. The third-order valence-corrected chi connectivity index (χ3v) is 7.35. The lowest BCUT2D eigenvalue weighted by molar-refractivity contribution is -0.120. The first-order valence-electron chi connectivity index (χ1n) is 8.37. The van der Waals surface area contributed by atoms with Crippen LogP contribution < -0.4 is 11.1 Å². The van der Waals surface area contributed by atoms with Crippen molar-refractivity contribution < 1.29 is 13.2 Å². The van der Waals surface area contributed by atoms with Crippen molar-refractivity contribution in [2.75, 3.05) is 12.3 Å². The number of nitrogens with two attached hydrogens (primary N) is 1. The average Bonchev–Trinajstić information content (AvgIpc) is 3.37. The summed E-state index contributed by atoms with van der Waals surface area (Å²) in [4.78, 5) is 13.2. The smallest absolute Gasteiger partial charge is 0.233 e. The molecule has 1 aromatic rings. The first-order valence-corrected chi connectivity index (χ1v) is 10.9. The van der Waals surface area contributed by atoms with Crippen LogP contribution in [-0.2, 0) is 14.6 Å². The van der Waals surface area contributed by atoms with Crippen LogP contribution in [0.4, 0.5) is 0 Å². The number of thioether (sulfide) groups is 1. The zero-order chi connectivity index (χ0) is 17.7. The summed E-state index contributed by atoms with van der Waals surface area (Å²) in [6.45, 7) is 4.10. The van der Waals surface area contributed by atoms with Gasteiger partial charge in [0.15, 0.2) is 9.84 Å². The van der Waals surface area contributed by atoms with Gasteiger partial charge in [-0.3, -0.25) is 4.79 Å². The van der Waals surface area contributed by atoms with Crippen LogP contribution in [0.1, 0.15) is 33.1 Å². The van der Waals surface area contributed by atoms with Crippen molar-refractivity contribution in [3.8, 4) is 0 Å². The van der Waals surface area contributed by atoms with E-state index in [1.54, 1.807) is 31.2 Å². The standard InChI is InChI=1S/C17H26N2O3S2/c1-3-10-24(21,22)16-7-5-4-6-15(16)23-12(2)17(20)19-11-14(18)13-8-9-13/h4-7,12-14H,3,8-11,18H2,1-2H3,(H,19,20). The van der Waals surface area contributed by atoms with Crippen LogP contribution in [0.15, 0.2) is 34.1 Å². The van der Waals surface area contributed by atoms with E-state index in [0.717, 1.165) is 12.8 Å². The van der Waals surface area contributed by atoms with Crippen molar-refractivity contribution in [2.45, 2.75) is 54.2 Å². The summed E-state index contributed by atoms with van der Waals surface area (Å²) in [6.07, 6.45) is 2.85. The van der Waals surface area contributed by atoms with Crippen molar-refractivity contribution in [2.24, 2.45) is 11.7 Å². The van der Waals surface area contributed by atoms with Gasteiger partial charge in [0.1, 0.15) is 0 Å². The van der Waals surface area contributed by atoms with Gasteiger partial charge in [0.2, 0.25) is 5.91 Å². The molecule has 1 fully saturated rings. The number of amides is 1. The fourth-order valence-corrected chi connectivity index (χ4v) is 5.34. The molecule has 1 saturated carbocycles. The fourth-order valence-electron chi connectivity index (χ4n) is 2.48. The summed E-state index contributed by atoms with van der Waals surface area (Å²) in [6, 6.07) is 6.89. The number of sulfone groups is 1. The van der Waals surface area contributed by atoms with Crippen LogP contribution in [0, 0.1) is 5.92 Å². The minimum atomic E-state index is -3.31.